The highest BCUT2D eigenvalue weighted by Crippen LogP contribution is 2.05. The van der Waals surface area contributed by atoms with Crippen LogP contribution >= 0.6 is 23.5 Å². The molecule has 1 aromatic carbocycles. The maximum atomic E-state index is 12.7. The summed E-state index contributed by atoms with van der Waals surface area (Å²) in [5, 5.41) is 16.8. The molecule has 178 valence electrons. The van der Waals surface area contributed by atoms with Gasteiger partial charge >= 0.3 is 5.97 Å². The number of carbonyl (C=O) groups is 4. The van der Waals surface area contributed by atoms with Crippen LogP contribution < -0.4 is 21.7 Å². The fourth-order valence-electron chi connectivity index (χ4n) is 2.74. The number of thioether (sulfide) groups is 2. The highest BCUT2D eigenvalue weighted by atomic mass is 32.2. The van der Waals surface area contributed by atoms with Crippen LogP contribution in [0.1, 0.15) is 18.4 Å². The van der Waals surface area contributed by atoms with Crippen LogP contribution in [0.2, 0.25) is 0 Å². The van der Waals surface area contributed by atoms with Gasteiger partial charge in [-0.3, -0.25) is 14.4 Å². The summed E-state index contributed by atoms with van der Waals surface area (Å²) in [6.07, 6.45) is 4.73. The minimum absolute atomic E-state index is 0.223. The molecule has 0 radical (unpaired) electrons. The molecule has 0 aromatic heterocycles. The Balaban J connectivity index is 2.74. The Kier molecular flexibility index (Phi) is 13.5. The van der Waals surface area contributed by atoms with Crippen molar-refractivity contribution in [2.75, 3.05) is 30.6 Å². The van der Waals surface area contributed by atoms with Gasteiger partial charge in [0.15, 0.2) is 0 Å². The predicted octanol–water partition coefficient (Wildman–Crippen LogP) is 0.233. The summed E-state index contributed by atoms with van der Waals surface area (Å²) in [6.45, 7) is -0.401. The molecule has 0 fully saturated rings. The van der Waals surface area contributed by atoms with Crippen molar-refractivity contribution in [3.8, 4) is 0 Å². The highest BCUT2D eigenvalue weighted by molar-refractivity contribution is 7.98. The number of hydrogen-bond acceptors (Lipinski definition) is 7. The van der Waals surface area contributed by atoms with E-state index in [-0.39, 0.29) is 12.8 Å². The summed E-state index contributed by atoms with van der Waals surface area (Å²) < 4.78 is 0. The van der Waals surface area contributed by atoms with Gasteiger partial charge in [0.1, 0.15) is 12.1 Å². The SMILES string of the molecule is CSCCC(N)C(=O)NC(Cc1ccccc1)C(=O)NCC(=O)NC(CCSC)C(=O)O. The van der Waals surface area contributed by atoms with E-state index in [0.29, 0.717) is 17.9 Å². The van der Waals surface area contributed by atoms with Gasteiger partial charge in [0.05, 0.1) is 12.6 Å². The van der Waals surface area contributed by atoms with Crippen molar-refractivity contribution in [1.82, 2.24) is 16.0 Å². The van der Waals surface area contributed by atoms with Crippen LogP contribution in [0.3, 0.4) is 0 Å². The van der Waals surface area contributed by atoms with Crippen LogP contribution in [0, 0.1) is 0 Å². The summed E-state index contributed by atoms with van der Waals surface area (Å²) in [5.74, 6) is -1.45. The molecule has 0 saturated heterocycles. The summed E-state index contributed by atoms with van der Waals surface area (Å²) in [6, 6.07) is 6.45. The van der Waals surface area contributed by atoms with E-state index in [4.69, 9.17) is 5.73 Å². The third kappa shape index (κ3) is 10.9. The molecule has 0 aliphatic carbocycles. The zero-order valence-electron chi connectivity index (χ0n) is 18.3. The third-order valence-electron chi connectivity index (χ3n) is 4.55. The van der Waals surface area contributed by atoms with Crippen molar-refractivity contribution in [2.24, 2.45) is 5.73 Å². The molecular weight excluding hydrogens is 452 g/mol. The Labute approximate surface area is 197 Å². The smallest absolute Gasteiger partial charge is 0.326 e. The molecule has 0 aliphatic heterocycles. The summed E-state index contributed by atoms with van der Waals surface area (Å²) >= 11 is 3.05. The van der Waals surface area contributed by atoms with Crippen LogP contribution in [-0.4, -0.2) is 77.5 Å². The highest BCUT2D eigenvalue weighted by Gasteiger charge is 2.25. The number of amides is 3. The van der Waals surface area contributed by atoms with Crippen molar-refractivity contribution in [3.63, 3.8) is 0 Å². The molecule has 32 heavy (non-hydrogen) atoms. The van der Waals surface area contributed by atoms with Crippen molar-refractivity contribution < 1.29 is 24.3 Å². The zero-order valence-corrected chi connectivity index (χ0v) is 20.0. The van der Waals surface area contributed by atoms with Crippen molar-refractivity contribution in [2.45, 2.75) is 37.4 Å². The Morgan fingerprint density at radius 1 is 0.938 bits per heavy atom. The molecule has 9 nitrogen and oxygen atoms in total. The quantitative estimate of drug-likeness (QED) is 0.237. The number of nitrogens with one attached hydrogen (secondary N) is 3. The van der Waals surface area contributed by atoms with E-state index >= 15 is 0 Å². The van der Waals surface area contributed by atoms with Crippen LogP contribution in [0.5, 0.6) is 0 Å². The molecule has 3 unspecified atom stereocenters. The summed E-state index contributed by atoms with van der Waals surface area (Å²) in [4.78, 5) is 48.6. The van der Waals surface area contributed by atoms with E-state index in [9.17, 15) is 24.3 Å². The number of nitrogens with two attached hydrogens (primary N) is 1. The first-order valence-corrected chi connectivity index (χ1v) is 12.9. The molecule has 0 bridgehead atoms. The second-order valence-electron chi connectivity index (χ2n) is 7.10. The number of hydrogen-bond donors (Lipinski definition) is 5. The molecular formula is C21H32N4O5S2. The summed E-state index contributed by atoms with van der Waals surface area (Å²) in [7, 11) is 0. The normalized spacial score (nSPS) is 13.5. The third-order valence-corrected chi connectivity index (χ3v) is 5.84. The molecule has 1 rings (SSSR count). The van der Waals surface area contributed by atoms with E-state index in [0.717, 1.165) is 5.56 Å². The minimum Gasteiger partial charge on any atom is -0.480 e. The Hall–Kier alpha value is -2.24. The maximum absolute atomic E-state index is 12.7. The molecule has 0 saturated carbocycles. The largest absolute Gasteiger partial charge is 0.480 e. The predicted molar refractivity (Wildman–Crippen MR) is 129 cm³/mol. The lowest BCUT2D eigenvalue weighted by Gasteiger charge is -2.21. The molecule has 6 N–H and O–H groups in total. The molecule has 1 aromatic rings. The second kappa shape index (κ2) is 15.5. The van der Waals surface area contributed by atoms with Crippen LogP contribution in [0.15, 0.2) is 30.3 Å². The van der Waals surface area contributed by atoms with Gasteiger partial charge in [-0.05, 0) is 42.4 Å². The van der Waals surface area contributed by atoms with Gasteiger partial charge < -0.3 is 26.8 Å². The zero-order chi connectivity index (χ0) is 23.9. The standard InChI is InChI=1S/C21H32N4O5S2/c1-31-10-8-15(22)19(27)25-17(12-14-6-4-3-5-7-14)20(28)23-13-18(26)24-16(21(29)30)9-11-32-2/h3-7,15-17H,8-13,22H2,1-2H3,(H,23,28)(H,24,26)(H,25,27)(H,29,30). The van der Waals surface area contributed by atoms with Gasteiger partial charge in [0.25, 0.3) is 0 Å². The number of carboxylic acids is 1. The van der Waals surface area contributed by atoms with Gasteiger partial charge in [0.2, 0.25) is 17.7 Å². The van der Waals surface area contributed by atoms with E-state index in [1.807, 2.05) is 42.8 Å². The Bertz CT molecular complexity index is 751. The number of carbonyl (C=O) groups excluding carboxylic acids is 3. The van der Waals surface area contributed by atoms with Crippen LogP contribution in [0.25, 0.3) is 0 Å². The first kappa shape index (κ1) is 27.8. The lowest BCUT2D eigenvalue weighted by Crippen LogP contribution is -2.54. The van der Waals surface area contributed by atoms with Crippen molar-refractivity contribution in [1.29, 1.82) is 0 Å². The van der Waals surface area contributed by atoms with E-state index in [1.54, 1.807) is 11.8 Å². The Morgan fingerprint density at radius 3 is 2.16 bits per heavy atom. The summed E-state index contributed by atoms with van der Waals surface area (Å²) in [5.41, 5.74) is 6.74. The number of rotatable bonds is 15. The van der Waals surface area contributed by atoms with Crippen LogP contribution in [0.4, 0.5) is 0 Å². The van der Waals surface area contributed by atoms with Crippen LogP contribution in [-0.2, 0) is 25.6 Å². The van der Waals surface area contributed by atoms with Gasteiger partial charge in [-0.15, -0.1) is 0 Å². The van der Waals surface area contributed by atoms with E-state index < -0.39 is 48.4 Å². The second-order valence-corrected chi connectivity index (χ2v) is 9.07. The van der Waals surface area contributed by atoms with Gasteiger partial charge in [-0.2, -0.15) is 23.5 Å². The van der Waals surface area contributed by atoms with Gasteiger partial charge in [-0.25, -0.2) is 4.79 Å². The van der Waals surface area contributed by atoms with Crippen molar-refractivity contribution >= 4 is 47.2 Å². The molecule has 11 heteroatoms. The first-order valence-electron chi connectivity index (χ1n) is 10.2. The number of benzene rings is 1. The molecule has 3 atom stereocenters. The average molecular weight is 485 g/mol. The number of carboxylic acid groups (broad SMARTS) is 1. The van der Waals surface area contributed by atoms with Crippen molar-refractivity contribution in [3.05, 3.63) is 35.9 Å². The fraction of sp³-hybridized carbons (Fsp3) is 0.524. The fourth-order valence-corrected chi connectivity index (χ4v) is 3.70. The molecule has 3 amide bonds. The molecule has 0 heterocycles. The molecule has 0 spiro atoms. The maximum Gasteiger partial charge on any atom is 0.326 e. The first-order chi connectivity index (χ1) is 15.3. The lowest BCUT2D eigenvalue weighted by molar-refractivity contribution is -0.141. The van der Waals surface area contributed by atoms with E-state index in [1.165, 1.54) is 11.8 Å². The minimum atomic E-state index is -1.13. The monoisotopic (exact) mass is 484 g/mol. The Morgan fingerprint density at radius 2 is 1.56 bits per heavy atom. The lowest BCUT2D eigenvalue weighted by atomic mass is 10.0. The van der Waals surface area contributed by atoms with E-state index in [2.05, 4.69) is 16.0 Å². The topological polar surface area (TPSA) is 151 Å². The number of aliphatic carboxylic acids is 1. The average Bonchev–Trinajstić information content (AvgIpc) is 2.78. The van der Waals surface area contributed by atoms with Gasteiger partial charge in [0, 0.05) is 6.42 Å². The van der Waals surface area contributed by atoms with Gasteiger partial charge in [-0.1, -0.05) is 30.3 Å². The molecule has 0 aliphatic rings.